The number of allylic oxidation sites excluding steroid dienone is 1. The molecule has 0 spiro atoms. The zero-order chi connectivity index (χ0) is 16.7. The molecule has 2 fully saturated rings. The van der Waals surface area contributed by atoms with Crippen molar-refractivity contribution in [3.63, 3.8) is 0 Å². The Labute approximate surface area is 140 Å². The summed E-state index contributed by atoms with van der Waals surface area (Å²) in [5.74, 6) is 0.485. The molecule has 23 heavy (non-hydrogen) atoms. The maximum Gasteiger partial charge on any atom is 0.389 e. The summed E-state index contributed by atoms with van der Waals surface area (Å²) in [5.41, 5.74) is 0. The van der Waals surface area contributed by atoms with Crippen LogP contribution in [0.15, 0.2) is 12.2 Å². The zero-order valence-electron chi connectivity index (χ0n) is 13.2. The molecule has 5 atom stereocenters. The predicted molar refractivity (Wildman–Crippen MR) is 87.5 cm³/mol. The van der Waals surface area contributed by atoms with Crippen molar-refractivity contribution in [1.82, 2.24) is 0 Å². The smallest absolute Gasteiger partial charge is 0.389 e. The number of rotatable bonds is 9. The van der Waals surface area contributed by atoms with E-state index in [9.17, 15) is 14.8 Å². The highest BCUT2D eigenvalue weighted by Crippen LogP contribution is 2.62. The van der Waals surface area contributed by atoms with Crippen molar-refractivity contribution in [2.75, 3.05) is 32.2 Å². The minimum atomic E-state index is -3.44. The van der Waals surface area contributed by atoms with Gasteiger partial charge in [0.15, 0.2) is 0 Å². The maximum absolute atomic E-state index is 13.0. The van der Waals surface area contributed by atoms with Crippen LogP contribution >= 0.6 is 18.2 Å². The summed E-state index contributed by atoms with van der Waals surface area (Å²) in [6, 6.07) is 0. The topological polar surface area (TPSA) is 94.5 Å². The molecule has 2 aliphatic rings. The first-order valence-electron chi connectivity index (χ1n) is 7.79. The summed E-state index contributed by atoms with van der Waals surface area (Å²) < 4.78 is 34.9. The molecule has 0 aromatic heterocycles. The Morgan fingerprint density at radius 1 is 1.30 bits per heavy atom. The fourth-order valence-corrected chi connectivity index (χ4v) is 5.66. The molecule has 0 radical (unpaired) electrons. The standard InChI is InChI=1S/C14H25O7PS/c1-2-3-8-23-22(17,20-10-14-11(16)4-6-19-14)21-12-5-7-18-13(12)9-15/h2-3,11-16H,4-10H2,1H3/b3-2+/t11?,12?,13-,14-,22+/m1/s1. The third-order valence-corrected chi connectivity index (χ3v) is 7.35. The lowest BCUT2D eigenvalue weighted by Crippen LogP contribution is -2.28. The fourth-order valence-electron chi connectivity index (χ4n) is 2.38. The minimum Gasteiger partial charge on any atom is -0.394 e. The van der Waals surface area contributed by atoms with Crippen molar-refractivity contribution in [3.05, 3.63) is 12.2 Å². The second-order valence-electron chi connectivity index (χ2n) is 5.40. The Balaban J connectivity index is 1.94. The molecule has 0 saturated carbocycles. The van der Waals surface area contributed by atoms with Crippen LogP contribution in [0.2, 0.25) is 0 Å². The van der Waals surface area contributed by atoms with E-state index in [0.29, 0.717) is 31.8 Å². The van der Waals surface area contributed by atoms with Crippen molar-refractivity contribution >= 4 is 18.2 Å². The molecule has 9 heteroatoms. The maximum atomic E-state index is 13.0. The summed E-state index contributed by atoms with van der Waals surface area (Å²) in [6.07, 6.45) is 2.79. The first-order valence-corrected chi connectivity index (χ1v) is 10.9. The van der Waals surface area contributed by atoms with E-state index in [1.807, 2.05) is 19.1 Å². The Kier molecular flexibility index (Phi) is 8.04. The van der Waals surface area contributed by atoms with Crippen LogP contribution in [0, 0.1) is 0 Å². The molecule has 2 unspecified atom stereocenters. The van der Waals surface area contributed by atoms with E-state index in [1.165, 1.54) is 0 Å². The quantitative estimate of drug-likeness (QED) is 0.469. The first kappa shape index (κ1) is 19.4. The van der Waals surface area contributed by atoms with Gasteiger partial charge in [0.05, 0.1) is 25.4 Å². The molecule has 2 N–H and O–H groups in total. The molecule has 0 bridgehead atoms. The van der Waals surface area contributed by atoms with E-state index < -0.39 is 31.2 Å². The molecule has 2 saturated heterocycles. The van der Waals surface area contributed by atoms with E-state index in [1.54, 1.807) is 0 Å². The molecule has 0 aliphatic carbocycles. The van der Waals surface area contributed by atoms with Crippen LogP contribution in [0.25, 0.3) is 0 Å². The van der Waals surface area contributed by atoms with Gasteiger partial charge in [0, 0.05) is 25.4 Å². The molecule has 0 aromatic carbocycles. The molecule has 2 aliphatic heterocycles. The van der Waals surface area contributed by atoms with Crippen LogP contribution in [-0.2, 0) is 23.1 Å². The first-order chi connectivity index (χ1) is 11.1. The zero-order valence-corrected chi connectivity index (χ0v) is 14.9. The van der Waals surface area contributed by atoms with E-state index in [-0.39, 0.29) is 13.2 Å². The lowest BCUT2D eigenvalue weighted by Gasteiger charge is -2.25. The van der Waals surface area contributed by atoms with Gasteiger partial charge in [-0.25, -0.2) is 4.57 Å². The molecule has 2 rings (SSSR count). The number of ether oxygens (including phenoxy) is 2. The van der Waals surface area contributed by atoms with Gasteiger partial charge < -0.3 is 19.7 Å². The minimum absolute atomic E-state index is 0.0126. The molecular formula is C14H25O7PS. The molecular weight excluding hydrogens is 343 g/mol. The Morgan fingerprint density at radius 2 is 2.04 bits per heavy atom. The highest BCUT2D eigenvalue weighted by Gasteiger charge is 2.38. The van der Waals surface area contributed by atoms with E-state index in [4.69, 9.17) is 18.5 Å². The van der Waals surface area contributed by atoms with Gasteiger partial charge in [0.25, 0.3) is 0 Å². The largest absolute Gasteiger partial charge is 0.394 e. The Morgan fingerprint density at radius 3 is 2.70 bits per heavy atom. The van der Waals surface area contributed by atoms with Gasteiger partial charge in [-0.05, 0) is 24.7 Å². The van der Waals surface area contributed by atoms with Crippen LogP contribution in [-0.4, -0.2) is 66.8 Å². The molecule has 134 valence electrons. The van der Waals surface area contributed by atoms with Gasteiger partial charge in [0.1, 0.15) is 12.2 Å². The van der Waals surface area contributed by atoms with Crippen molar-refractivity contribution in [2.24, 2.45) is 0 Å². The second-order valence-corrected chi connectivity index (χ2v) is 9.47. The van der Waals surface area contributed by atoms with Crippen molar-refractivity contribution in [1.29, 1.82) is 0 Å². The van der Waals surface area contributed by atoms with Gasteiger partial charge in [-0.2, -0.15) is 0 Å². The predicted octanol–water partition coefficient (Wildman–Crippen LogP) is 1.74. The van der Waals surface area contributed by atoms with Crippen LogP contribution in [0.1, 0.15) is 19.8 Å². The average Bonchev–Trinajstić information content (AvgIpc) is 3.14. The van der Waals surface area contributed by atoms with Crippen LogP contribution < -0.4 is 0 Å². The van der Waals surface area contributed by atoms with Crippen molar-refractivity contribution < 1.29 is 33.3 Å². The van der Waals surface area contributed by atoms with Gasteiger partial charge in [-0.1, -0.05) is 12.2 Å². The SMILES string of the molecule is C/C=C/CS[P@@](=O)(OC[C@H]1OCCC1O)OC1CCO[C@@H]1CO. The monoisotopic (exact) mass is 368 g/mol. The summed E-state index contributed by atoms with van der Waals surface area (Å²) in [6.45, 7) is -0.815. The Hall–Kier alpha value is 0.0800. The lowest BCUT2D eigenvalue weighted by molar-refractivity contribution is -0.00612. The number of hydrogen-bond donors (Lipinski definition) is 2. The highest BCUT2D eigenvalue weighted by molar-refractivity contribution is 8.55. The second kappa shape index (κ2) is 9.53. The number of hydrogen-bond acceptors (Lipinski definition) is 8. The summed E-state index contributed by atoms with van der Waals surface area (Å²) in [5, 5.41) is 19.0. The summed E-state index contributed by atoms with van der Waals surface area (Å²) in [7, 11) is 0. The Bertz CT molecular complexity index is 433. The van der Waals surface area contributed by atoms with E-state index >= 15 is 0 Å². The third-order valence-electron chi connectivity index (χ3n) is 3.73. The lowest BCUT2D eigenvalue weighted by atomic mass is 10.2. The van der Waals surface area contributed by atoms with E-state index in [0.717, 1.165) is 11.4 Å². The van der Waals surface area contributed by atoms with Crippen LogP contribution in [0.5, 0.6) is 0 Å². The van der Waals surface area contributed by atoms with Gasteiger partial charge in [-0.15, -0.1) is 0 Å². The van der Waals surface area contributed by atoms with Crippen molar-refractivity contribution in [2.45, 2.75) is 44.2 Å². The van der Waals surface area contributed by atoms with Crippen LogP contribution in [0.4, 0.5) is 0 Å². The molecule has 0 amide bonds. The van der Waals surface area contributed by atoms with Gasteiger partial charge in [-0.3, -0.25) is 9.05 Å². The summed E-state index contributed by atoms with van der Waals surface area (Å²) >= 11 is 1.08. The number of aliphatic hydroxyl groups excluding tert-OH is 2. The van der Waals surface area contributed by atoms with E-state index in [2.05, 4.69) is 0 Å². The molecule has 0 aromatic rings. The van der Waals surface area contributed by atoms with Gasteiger partial charge >= 0.3 is 6.80 Å². The molecule has 7 nitrogen and oxygen atoms in total. The molecule has 2 heterocycles. The average molecular weight is 368 g/mol. The number of aliphatic hydroxyl groups is 2. The summed E-state index contributed by atoms with van der Waals surface area (Å²) in [4.78, 5) is 0. The fraction of sp³-hybridized carbons (Fsp3) is 0.857. The van der Waals surface area contributed by atoms with Gasteiger partial charge in [0.2, 0.25) is 0 Å². The highest BCUT2D eigenvalue weighted by atomic mass is 32.7. The normalized spacial score (nSPS) is 34.2. The van der Waals surface area contributed by atoms with Crippen LogP contribution in [0.3, 0.4) is 0 Å². The van der Waals surface area contributed by atoms with Crippen molar-refractivity contribution in [3.8, 4) is 0 Å². The third kappa shape index (κ3) is 5.83.